The molecule has 0 bridgehead atoms. The van der Waals surface area contributed by atoms with E-state index in [-0.39, 0.29) is 5.82 Å². The Balaban J connectivity index is 2.49. The van der Waals surface area contributed by atoms with E-state index in [4.69, 9.17) is 10.5 Å². The van der Waals surface area contributed by atoms with Crippen molar-refractivity contribution in [3.8, 4) is 5.75 Å². The first-order valence-corrected chi connectivity index (χ1v) is 7.75. The van der Waals surface area contributed by atoms with Gasteiger partial charge in [0.05, 0.1) is 17.1 Å². The summed E-state index contributed by atoms with van der Waals surface area (Å²) in [5.41, 5.74) is 7.79. The van der Waals surface area contributed by atoms with E-state index >= 15 is 0 Å². The van der Waals surface area contributed by atoms with Crippen molar-refractivity contribution >= 4 is 31.9 Å². The van der Waals surface area contributed by atoms with Gasteiger partial charge in [0, 0.05) is 10.0 Å². The molecule has 0 saturated heterocycles. The summed E-state index contributed by atoms with van der Waals surface area (Å²) in [6.45, 7) is 2.46. The number of benzene rings is 2. The monoisotopic (exact) mass is 401 g/mol. The molecule has 0 aliphatic rings. The Morgan fingerprint density at radius 2 is 1.95 bits per heavy atom. The molecule has 1 atom stereocenters. The van der Waals surface area contributed by atoms with Gasteiger partial charge in [-0.05, 0) is 52.7 Å². The molecule has 106 valence electrons. The van der Waals surface area contributed by atoms with Gasteiger partial charge in [-0.1, -0.05) is 28.1 Å². The highest BCUT2D eigenvalue weighted by atomic mass is 79.9. The molecule has 0 amide bonds. The average molecular weight is 403 g/mol. The molecule has 2 N–H and O–H groups in total. The fraction of sp³-hybridized carbons (Fsp3) is 0.200. The molecule has 0 aliphatic carbocycles. The molecule has 0 aromatic heterocycles. The van der Waals surface area contributed by atoms with Crippen LogP contribution >= 0.6 is 31.9 Å². The molecule has 0 aliphatic heterocycles. The standard InChI is InChI=1S/C15H14Br2FNO/c1-2-20-13-7-6-9(16)8-11(13)15(19)10-4-3-5-12(18)14(10)17/h3-8,15H,2,19H2,1H3. The quantitative estimate of drug-likeness (QED) is 0.797. The smallest absolute Gasteiger partial charge is 0.137 e. The van der Waals surface area contributed by atoms with Gasteiger partial charge >= 0.3 is 0 Å². The molecular formula is C15H14Br2FNO. The van der Waals surface area contributed by atoms with Crippen molar-refractivity contribution in [1.29, 1.82) is 0 Å². The fourth-order valence-corrected chi connectivity index (χ4v) is 2.87. The molecule has 2 aromatic rings. The zero-order valence-electron chi connectivity index (χ0n) is 10.9. The number of rotatable bonds is 4. The second kappa shape index (κ2) is 6.70. The Labute approximate surface area is 134 Å². The summed E-state index contributed by atoms with van der Waals surface area (Å²) in [5, 5.41) is 0. The topological polar surface area (TPSA) is 35.2 Å². The van der Waals surface area contributed by atoms with E-state index < -0.39 is 6.04 Å². The van der Waals surface area contributed by atoms with Crippen LogP contribution in [-0.2, 0) is 0 Å². The minimum Gasteiger partial charge on any atom is -0.494 e. The van der Waals surface area contributed by atoms with Crippen molar-refractivity contribution in [3.63, 3.8) is 0 Å². The molecule has 2 rings (SSSR count). The second-order valence-electron chi connectivity index (χ2n) is 4.24. The molecule has 20 heavy (non-hydrogen) atoms. The zero-order chi connectivity index (χ0) is 14.7. The average Bonchev–Trinajstić information content (AvgIpc) is 2.43. The Bertz CT molecular complexity index is 619. The van der Waals surface area contributed by atoms with Gasteiger partial charge in [-0.3, -0.25) is 0 Å². The van der Waals surface area contributed by atoms with Crippen LogP contribution in [0.2, 0.25) is 0 Å². The minimum absolute atomic E-state index is 0.328. The number of ether oxygens (including phenoxy) is 1. The van der Waals surface area contributed by atoms with Crippen LogP contribution in [0.15, 0.2) is 45.3 Å². The first kappa shape index (κ1) is 15.5. The lowest BCUT2D eigenvalue weighted by atomic mass is 9.98. The molecule has 5 heteroatoms. The number of halogens is 3. The van der Waals surface area contributed by atoms with Gasteiger partial charge in [-0.25, -0.2) is 4.39 Å². The predicted molar refractivity (Wildman–Crippen MR) is 85.4 cm³/mol. The molecule has 0 radical (unpaired) electrons. The van der Waals surface area contributed by atoms with Crippen LogP contribution in [0.25, 0.3) is 0 Å². The minimum atomic E-state index is -0.473. The van der Waals surface area contributed by atoms with Crippen molar-refractivity contribution in [2.45, 2.75) is 13.0 Å². The number of hydrogen-bond acceptors (Lipinski definition) is 2. The van der Waals surface area contributed by atoms with E-state index in [0.29, 0.717) is 22.4 Å². The third kappa shape index (κ3) is 3.22. The van der Waals surface area contributed by atoms with Gasteiger partial charge in [-0.15, -0.1) is 0 Å². The molecule has 2 aromatic carbocycles. The largest absolute Gasteiger partial charge is 0.494 e. The summed E-state index contributed by atoms with van der Waals surface area (Å²) >= 11 is 6.68. The summed E-state index contributed by atoms with van der Waals surface area (Å²) in [4.78, 5) is 0. The van der Waals surface area contributed by atoms with E-state index in [1.165, 1.54) is 6.07 Å². The Kier molecular flexibility index (Phi) is 5.18. The highest BCUT2D eigenvalue weighted by Crippen LogP contribution is 2.34. The number of nitrogens with two attached hydrogens (primary N) is 1. The third-order valence-electron chi connectivity index (χ3n) is 2.92. The number of hydrogen-bond donors (Lipinski definition) is 1. The van der Waals surface area contributed by atoms with E-state index in [1.807, 2.05) is 25.1 Å². The van der Waals surface area contributed by atoms with Gasteiger partial charge in [0.15, 0.2) is 0 Å². The summed E-state index contributed by atoms with van der Waals surface area (Å²) < 4.78 is 20.5. The van der Waals surface area contributed by atoms with Crippen molar-refractivity contribution in [3.05, 3.63) is 62.3 Å². The second-order valence-corrected chi connectivity index (χ2v) is 5.94. The molecular weight excluding hydrogens is 389 g/mol. The molecule has 0 heterocycles. The lowest BCUT2D eigenvalue weighted by molar-refractivity contribution is 0.335. The van der Waals surface area contributed by atoms with Gasteiger partial charge in [-0.2, -0.15) is 0 Å². The zero-order valence-corrected chi connectivity index (χ0v) is 14.0. The van der Waals surface area contributed by atoms with Crippen LogP contribution in [0.4, 0.5) is 4.39 Å². The third-order valence-corrected chi connectivity index (χ3v) is 4.25. The predicted octanol–water partition coefficient (Wildman–Crippen LogP) is 4.80. The van der Waals surface area contributed by atoms with Crippen LogP contribution in [0.3, 0.4) is 0 Å². The summed E-state index contributed by atoms with van der Waals surface area (Å²) in [6.07, 6.45) is 0. The van der Waals surface area contributed by atoms with Crippen LogP contribution in [0.5, 0.6) is 5.75 Å². The van der Waals surface area contributed by atoms with Crippen LogP contribution in [-0.4, -0.2) is 6.61 Å². The first-order chi connectivity index (χ1) is 9.54. The van der Waals surface area contributed by atoms with Gasteiger partial charge in [0.25, 0.3) is 0 Å². The van der Waals surface area contributed by atoms with E-state index in [0.717, 1.165) is 10.0 Å². The Morgan fingerprint density at radius 1 is 1.20 bits per heavy atom. The summed E-state index contributed by atoms with van der Waals surface area (Å²) in [5.74, 6) is 0.380. The maximum Gasteiger partial charge on any atom is 0.137 e. The maximum atomic E-state index is 13.6. The van der Waals surface area contributed by atoms with Crippen molar-refractivity contribution in [2.75, 3.05) is 6.61 Å². The SMILES string of the molecule is CCOc1ccc(Br)cc1C(N)c1cccc(F)c1Br. The van der Waals surface area contributed by atoms with Crippen LogP contribution < -0.4 is 10.5 Å². The maximum absolute atomic E-state index is 13.6. The highest BCUT2D eigenvalue weighted by molar-refractivity contribution is 9.10. The normalized spacial score (nSPS) is 12.2. The highest BCUT2D eigenvalue weighted by Gasteiger charge is 2.18. The first-order valence-electron chi connectivity index (χ1n) is 6.16. The summed E-state index contributed by atoms with van der Waals surface area (Å²) in [6, 6.07) is 10.0. The molecule has 0 fully saturated rings. The van der Waals surface area contributed by atoms with Gasteiger partial charge in [0.2, 0.25) is 0 Å². The van der Waals surface area contributed by atoms with E-state index in [2.05, 4.69) is 31.9 Å². The lowest BCUT2D eigenvalue weighted by Gasteiger charge is -2.18. The molecule has 1 unspecified atom stereocenters. The lowest BCUT2D eigenvalue weighted by Crippen LogP contribution is -2.14. The fourth-order valence-electron chi connectivity index (χ4n) is 1.98. The molecule has 0 spiro atoms. The van der Waals surface area contributed by atoms with E-state index in [1.54, 1.807) is 12.1 Å². The molecule has 0 saturated carbocycles. The Morgan fingerprint density at radius 3 is 2.65 bits per heavy atom. The Hall–Kier alpha value is -0.910. The van der Waals surface area contributed by atoms with E-state index in [9.17, 15) is 4.39 Å². The summed E-state index contributed by atoms with van der Waals surface area (Å²) in [7, 11) is 0. The van der Waals surface area contributed by atoms with Gasteiger partial charge < -0.3 is 10.5 Å². The van der Waals surface area contributed by atoms with Crippen molar-refractivity contribution in [1.82, 2.24) is 0 Å². The molecule has 2 nitrogen and oxygen atoms in total. The van der Waals surface area contributed by atoms with Crippen LogP contribution in [0.1, 0.15) is 24.1 Å². The van der Waals surface area contributed by atoms with Crippen molar-refractivity contribution < 1.29 is 9.13 Å². The van der Waals surface area contributed by atoms with Gasteiger partial charge in [0.1, 0.15) is 11.6 Å². The van der Waals surface area contributed by atoms with Crippen molar-refractivity contribution in [2.24, 2.45) is 5.73 Å². The van der Waals surface area contributed by atoms with Crippen LogP contribution in [0, 0.1) is 5.82 Å².